The molecule has 4 aromatic rings. The molecule has 0 aliphatic heterocycles. The standard InChI is InChI=1S/C27H28N4O5/c1-3-4-5-11-16-31-26(33)21-15-10-9-14-20(21)23(29-31)27(34)35-24(19-12-7-6-8-13-19)25(32)28-22-17-18(2)36-30-22/h6-10,12-15,17,24H,3-5,11,16H2,1-2H3,(H,28,30,32). The molecule has 9 nitrogen and oxygen atoms in total. The quantitative estimate of drug-likeness (QED) is 0.251. The van der Waals surface area contributed by atoms with Crippen molar-refractivity contribution in [3.63, 3.8) is 0 Å². The normalized spacial score (nSPS) is 11.8. The minimum Gasteiger partial charge on any atom is -0.442 e. The summed E-state index contributed by atoms with van der Waals surface area (Å²) in [5.74, 6) is -0.678. The molecule has 2 heterocycles. The zero-order valence-electron chi connectivity index (χ0n) is 20.3. The highest BCUT2D eigenvalue weighted by molar-refractivity contribution is 6.03. The van der Waals surface area contributed by atoms with E-state index < -0.39 is 18.0 Å². The van der Waals surface area contributed by atoms with Crippen molar-refractivity contribution in [3.05, 3.63) is 88.0 Å². The Bertz CT molecular complexity index is 1410. The van der Waals surface area contributed by atoms with Gasteiger partial charge in [0.25, 0.3) is 11.5 Å². The Kier molecular flexibility index (Phi) is 7.89. The number of nitrogens with zero attached hydrogens (tertiary/aromatic N) is 3. The van der Waals surface area contributed by atoms with E-state index in [1.165, 1.54) is 4.68 Å². The summed E-state index contributed by atoms with van der Waals surface area (Å²) in [5, 5.41) is 11.5. The predicted octanol–water partition coefficient (Wildman–Crippen LogP) is 4.81. The first kappa shape index (κ1) is 24.8. The van der Waals surface area contributed by atoms with Gasteiger partial charge in [-0.3, -0.25) is 9.59 Å². The molecule has 0 saturated heterocycles. The van der Waals surface area contributed by atoms with Crippen molar-refractivity contribution in [1.82, 2.24) is 14.9 Å². The minimum absolute atomic E-state index is 0.0216. The topological polar surface area (TPSA) is 116 Å². The summed E-state index contributed by atoms with van der Waals surface area (Å²) >= 11 is 0. The second-order valence-electron chi connectivity index (χ2n) is 8.49. The van der Waals surface area contributed by atoms with Crippen molar-refractivity contribution in [1.29, 1.82) is 0 Å². The van der Waals surface area contributed by atoms with Gasteiger partial charge in [0.05, 0.1) is 5.39 Å². The Morgan fingerprint density at radius 1 is 1.03 bits per heavy atom. The van der Waals surface area contributed by atoms with E-state index >= 15 is 0 Å². The molecule has 9 heteroatoms. The van der Waals surface area contributed by atoms with Gasteiger partial charge in [-0.05, 0) is 19.4 Å². The van der Waals surface area contributed by atoms with Gasteiger partial charge in [-0.15, -0.1) is 0 Å². The number of carbonyl (C=O) groups is 2. The van der Waals surface area contributed by atoms with Crippen LogP contribution in [0.5, 0.6) is 0 Å². The third kappa shape index (κ3) is 5.68. The number of ether oxygens (including phenoxy) is 1. The van der Waals surface area contributed by atoms with Crippen LogP contribution in [0.2, 0.25) is 0 Å². The van der Waals surface area contributed by atoms with Crippen LogP contribution in [-0.4, -0.2) is 26.8 Å². The first-order valence-electron chi connectivity index (χ1n) is 12.0. The monoisotopic (exact) mass is 488 g/mol. The zero-order chi connectivity index (χ0) is 25.5. The second-order valence-corrected chi connectivity index (χ2v) is 8.49. The lowest BCUT2D eigenvalue weighted by atomic mass is 10.1. The molecule has 1 atom stereocenters. The van der Waals surface area contributed by atoms with Gasteiger partial charge in [-0.1, -0.05) is 79.9 Å². The maximum atomic E-state index is 13.4. The summed E-state index contributed by atoms with van der Waals surface area (Å²) < 4.78 is 12.0. The van der Waals surface area contributed by atoms with Gasteiger partial charge in [-0.2, -0.15) is 5.10 Å². The fourth-order valence-corrected chi connectivity index (χ4v) is 3.91. The van der Waals surface area contributed by atoms with Gasteiger partial charge in [0.1, 0.15) is 5.76 Å². The van der Waals surface area contributed by atoms with Crippen LogP contribution < -0.4 is 10.9 Å². The number of unbranched alkanes of at least 4 members (excludes halogenated alkanes) is 3. The number of hydrogen-bond donors (Lipinski definition) is 1. The van der Waals surface area contributed by atoms with Gasteiger partial charge in [-0.25, -0.2) is 9.48 Å². The van der Waals surface area contributed by atoms with Crippen molar-refractivity contribution in [2.45, 2.75) is 52.2 Å². The van der Waals surface area contributed by atoms with Crippen LogP contribution in [0.25, 0.3) is 10.8 Å². The molecule has 0 radical (unpaired) electrons. The van der Waals surface area contributed by atoms with Crippen LogP contribution in [0.4, 0.5) is 5.82 Å². The van der Waals surface area contributed by atoms with Crippen molar-refractivity contribution in [2.75, 3.05) is 5.32 Å². The number of nitrogens with one attached hydrogen (secondary N) is 1. The molecular weight excluding hydrogens is 460 g/mol. The number of anilines is 1. The summed E-state index contributed by atoms with van der Waals surface area (Å²) in [6.45, 7) is 4.20. The molecule has 2 aromatic heterocycles. The Hall–Kier alpha value is -4.27. The van der Waals surface area contributed by atoms with E-state index in [9.17, 15) is 14.4 Å². The van der Waals surface area contributed by atoms with E-state index in [1.54, 1.807) is 67.6 Å². The van der Waals surface area contributed by atoms with Gasteiger partial charge >= 0.3 is 5.97 Å². The van der Waals surface area contributed by atoms with Crippen molar-refractivity contribution < 1.29 is 18.8 Å². The fraction of sp³-hybridized carbons (Fsp3) is 0.296. The molecule has 4 rings (SSSR count). The summed E-state index contributed by atoms with van der Waals surface area (Å²) in [4.78, 5) is 39.6. The maximum absolute atomic E-state index is 13.4. The van der Waals surface area contributed by atoms with Crippen LogP contribution in [-0.2, 0) is 16.1 Å². The summed E-state index contributed by atoms with van der Waals surface area (Å²) in [5.41, 5.74) is 0.185. The molecule has 1 amide bonds. The molecule has 1 unspecified atom stereocenters. The van der Waals surface area contributed by atoms with Crippen molar-refractivity contribution in [3.8, 4) is 0 Å². The lowest BCUT2D eigenvalue weighted by molar-refractivity contribution is -0.125. The predicted molar refractivity (Wildman–Crippen MR) is 135 cm³/mol. The number of fused-ring (bicyclic) bond motifs is 1. The number of amides is 1. The van der Waals surface area contributed by atoms with Crippen LogP contribution >= 0.6 is 0 Å². The number of benzene rings is 2. The highest BCUT2D eigenvalue weighted by Gasteiger charge is 2.28. The largest absolute Gasteiger partial charge is 0.442 e. The molecule has 36 heavy (non-hydrogen) atoms. The first-order chi connectivity index (χ1) is 17.5. The Balaban J connectivity index is 1.67. The molecule has 0 aliphatic rings. The number of aryl methyl sites for hydroxylation is 2. The average molecular weight is 489 g/mol. The third-order valence-corrected chi connectivity index (χ3v) is 5.73. The number of rotatable bonds is 10. The third-order valence-electron chi connectivity index (χ3n) is 5.73. The SMILES string of the molecule is CCCCCCn1nc(C(=O)OC(C(=O)Nc2cc(C)on2)c2ccccc2)c2ccccc2c1=O. The molecule has 0 bridgehead atoms. The lowest BCUT2D eigenvalue weighted by Gasteiger charge is -2.18. The summed E-state index contributed by atoms with van der Waals surface area (Å²) in [6.07, 6.45) is 2.56. The lowest BCUT2D eigenvalue weighted by Crippen LogP contribution is -2.29. The first-order valence-corrected chi connectivity index (χ1v) is 12.0. The second kappa shape index (κ2) is 11.4. The zero-order valence-corrected chi connectivity index (χ0v) is 20.3. The van der Waals surface area contributed by atoms with Crippen LogP contribution in [0.3, 0.4) is 0 Å². The van der Waals surface area contributed by atoms with Gasteiger partial charge < -0.3 is 14.6 Å². The molecule has 0 spiro atoms. The van der Waals surface area contributed by atoms with Crippen molar-refractivity contribution >= 4 is 28.5 Å². The maximum Gasteiger partial charge on any atom is 0.360 e. The molecule has 186 valence electrons. The highest BCUT2D eigenvalue weighted by atomic mass is 16.5. The van der Waals surface area contributed by atoms with E-state index in [1.807, 2.05) is 0 Å². The molecule has 0 aliphatic carbocycles. The number of hydrogen-bond acceptors (Lipinski definition) is 7. The molecule has 0 fully saturated rings. The van der Waals surface area contributed by atoms with Gasteiger partial charge in [0.15, 0.2) is 11.5 Å². The molecule has 0 saturated carbocycles. The molecular formula is C27H28N4O5. The van der Waals surface area contributed by atoms with Crippen LogP contribution in [0, 0.1) is 6.92 Å². The Labute approximate surface area is 208 Å². The fourth-order valence-electron chi connectivity index (χ4n) is 3.91. The minimum atomic E-state index is -1.28. The van der Waals surface area contributed by atoms with E-state index in [-0.39, 0.29) is 17.1 Å². The van der Waals surface area contributed by atoms with E-state index in [2.05, 4.69) is 22.5 Å². The number of aromatic nitrogens is 3. The highest BCUT2D eigenvalue weighted by Crippen LogP contribution is 2.23. The Morgan fingerprint density at radius 2 is 1.75 bits per heavy atom. The van der Waals surface area contributed by atoms with Gasteiger partial charge in [0, 0.05) is 23.6 Å². The smallest absolute Gasteiger partial charge is 0.360 e. The summed E-state index contributed by atoms with van der Waals surface area (Å²) in [6, 6.07) is 17.0. The van der Waals surface area contributed by atoms with Crippen molar-refractivity contribution in [2.24, 2.45) is 0 Å². The van der Waals surface area contributed by atoms with Crippen LogP contribution in [0.15, 0.2) is 70.0 Å². The van der Waals surface area contributed by atoms with E-state index in [0.29, 0.717) is 28.6 Å². The number of carbonyl (C=O) groups excluding carboxylic acids is 2. The van der Waals surface area contributed by atoms with E-state index in [4.69, 9.17) is 9.26 Å². The van der Waals surface area contributed by atoms with Gasteiger partial charge in [0.2, 0.25) is 6.10 Å². The molecule has 1 N–H and O–H groups in total. The van der Waals surface area contributed by atoms with E-state index in [0.717, 1.165) is 25.7 Å². The average Bonchev–Trinajstić information content (AvgIpc) is 3.30. The number of esters is 1. The Morgan fingerprint density at radius 3 is 2.44 bits per heavy atom. The summed E-state index contributed by atoms with van der Waals surface area (Å²) in [7, 11) is 0. The van der Waals surface area contributed by atoms with Crippen LogP contribution in [0.1, 0.15) is 60.5 Å². The molecule has 2 aromatic carbocycles.